The first kappa shape index (κ1) is 34.7. The topological polar surface area (TPSA) is 119 Å². The number of benzene rings is 2. The van der Waals surface area contributed by atoms with E-state index >= 15 is 0 Å². The molecule has 0 unspecified atom stereocenters. The minimum absolute atomic E-state index is 0.121. The van der Waals surface area contributed by atoms with Crippen molar-refractivity contribution in [3.05, 3.63) is 89.9 Å². The number of hydrogen-bond acceptors (Lipinski definition) is 10. The van der Waals surface area contributed by atoms with E-state index in [1.54, 1.807) is 27.7 Å². The Hall–Kier alpha value is -5.69. The molecule has 2 aromatic carbocycles. The number of amides is 2. The van der Waals surface area contributed by atoms with Crippen molar-refractivity contribution >= 4 is 57.2 Å². The lowest BCUT2D eigenvalue weighted by atomic mass is 10.0. The number of aryl methyl sites for hydroxylation is 1. The van der Waals surface area contributed by atoms with Crippen LogP contribution in [0.25, 0.3) is 11.0 Å². The van der Waals surface area contributed by atoms with E-state index < -0.39 is 0 Å². The normalized spacial score (nSPS) is 16.8. The quantitative estimate of drug-likeness (QED) is 0.261. The average Bonchev–Trinajstić information content (AvgIpc) is 3.17. The number of ether oxygens (including phenoxy) is 1. The highest BCUT2D eigenvalue weighted by molar-refractivity contribution is 6.05. The molecule has 2 amide bonds. The highest BCUT2D eigenvalue weighted by Crippen LogP contribution is 2.40. The molecular weight excluding hydrogens is 658 g/mol. The first-order valence-corrected chi connectivity index (χ1v) is 17.7. The number of rotatable bonds is 8. The van der Waals surface area contributed by atoms with Crippen LogP contribution in [0.3, 0.4) is 0 Å². The van der Waals surface area contributed by atoms with Crippen molar-refractivity contribution in [1.29, 1.82) is 0 Å². The standard InChI is InChI=1S/C39H45N9O4/c1-6-34(49)45-15-13-28(14-16-45)48-37-27(23-32(38(48)51)46-21-22-47(35(50)7-2)36-26(3)9-8-10-31(36)46)25-40-39(42-37)41-30-12-11-29(24-33(30)52-5)44-19-17-43(4)18-20-44/h6-12,23-25,28H,1-2,13-22H2,3-5H3,(H,40,41,42). The number of piperidine rings is 1. The summed E-state index contributed by atoms with van der Waals surface area (Å²) in [5.41, 5.74) is 5.01. The summed E-state index contributed by atoms with van der Waals surface area (Å²) in [5.74, 6) is 0.682. The monoisotopic (exact) mass is 703 g/mol. The van der Waals surface area contributed by atoms with Gasteiger partial charge in [-0.25, -0.2) is 4.98 Å². The molecule has 13 nitrogen and oxygen atoms in total. The molecule has 2 aromatic heterocycles. The molecule has 4 aromatic rings. The summed E-state index contributed by atoms with van der Waals surface area (Å²) in [6.45, 7) is 15.0. The summed E-state index contributed by atoms with van der Waals surface area (Å²) in [5, 5.41) is 4.04. The van der Waals surface area contributed by atoms with Gasteiger partial charge < -0.3 is 34.6 Å². The van der Waals surface area contributed by atoms with Crippen LogP contribution in [-0.4, -0.2) is 103 Å². The van der Waals surface area contributed by atoms with Crippen molar-refractivity contribution in [2.45, 2.75) is 25.8 Å². The molecule has 0 bridgehead atoms. The zero-order chi connectivity index (χ0) is 36.5. The van der Waals surface area contributed by atoms with E-state index in [0.717, 1.165) is 48.8 Å². The van der Waals surface area contributed by atoms with E-state index in [-0.39, 0.29) is 23.4 Å². The van der Waals surface area contributed by atoms with Gasteiger partial charge in [-0.15, -0.1) is 0 Å². The number of piperazine rings is 1. The number of nitrogens with zero attached hydrogens (tertiary/aromatic N) is 8. The summed E-state index contributed by atoms with van der Waals surface area (Å²) in [7, 11) is 3.78. The van der Waals surface area contributed by atoms with Gasteiger partial charge >= 0.3 is 0 Å². The van der Waals surface area contributed by atoms with Crippen molar-refractivity contribution in [2.75, 3.05) is 86.5 Å². The van der Waals surface area contributed by atoms with Gasteiger partial charge in [0.05, 0.1) is 24.2 Å². The number of anilines is 6. The van der Waals surface area contributed by atoms with Crippen LogP contribution in [0.4, 0.5) is 34.4 Å². The molecule has 0 atom stereocenters. The molecule has 7 rings (SSSR count). The maximum atomic E-state index is 14.8. The third kappa shape index (κ3) is 6.47. The van der Waals surface area contributed by atoms with E-state index in [4.69, 9.17) is 14.7 Å². The molecule has 0 spiro atoms. The second-order valence-corrected chi connectivity index (χ2v) is 13.5. The Morgan fingerprint density at radius 2 is 1.67 bits per heavy atom. The van der Waals surface area contributed by atoms with Crippen LogP contribution < -0.4 is 30.3 Å². The van der Waals surface area contributed by atoms with E-state index in [1.807, 2.05) is 48.2 Å². The molecule has 0 saturated carbocycles. The largest absolute Gasteiger partial charge is 0.494 e. The highest BCUT2D eigenvalue weighted by atomic mass is 16.5. The Balaban J connectivity index is 1.29. The molecule has 270 valence electrons. The highest BCUT2D eigenvalue weighted by Gasteiger charge is 2.32. The van der Waals surface area contributed by atoms with Gasteiger partial charge in [0.2, 0.25) is 11.9 Å². The van der Waals surface area contributed by atoms with Gasteiger partial charge in [0.1, 0.15) is 17.1 Å². The fourth-order valence-electron chi connectivity index (χ4n) is 7.56. The van der Waals surface area contributed by atoms with Crippen LogP contribution in [-0.2, 0) is 9.59 Å². The smallest absolute Gasteiger partial charge is 0.276 e. The van der Waals surface area contributed by atoms with Crippen LogP contribution in [0.15, 0.2) is 78.8 Å². The number of aromatic nitrogens is 3. The molecule has 2 fully saturated rings. The van der Waals surface area contributed by atoms with Gasteiger partial charge in [-0.1, -0.05) is 25.3 Å². The van der Waals surface area contributed by atoms with Gasteiger partial charge in [-0.2, -0.15) is 4.98 Å². The number of likely N-dealkylation sites (N-methyl/N-ethyl adjacent to an activating group) is 1. The second-order valence-electron chi connectivity index (χ2n) is 13.5. The number of methoxy groups -OCH3 is 1. The number of likely N-dealkylation sites (tertiary alicyclic amines) is 1. The Kier molecular flexibility index (Phi) is 9.69. The number of pyridine rings is 1. The minimum Gasteiger partial charge on any atom is -0.494 e. The lowest BCUT2D eigenvalue weighted by Gasteiger charge is -2.38. The minimum atomic E-state index is -0.218. The van der Waals surface area contributed by atoms with E-state index in [1.165, 1.54) is 12.2 Å². The first-order chi connectivity index (χ1) is 25.2. The zero-order valence-corrected chi connectivity index (χ0v) is 30.0. The second kappa shape index (κ2) is 14.5. The molecular formula is C39H45N9O4. The predicted octanol–water partition coefficient (Wildman–Crippen LogP) is 4.62. The van der Waals surface area contributed by atoms with E-state index in [2.05, 4.69) is 41.4 Å². The zero-order valence-electron chi connectivity index (χ0n) is 30.0. The third-order valence-electron chi connectivity index (χ3n) is 10.4. The van der Waals surface area contributed by atoms with Gasteiger partial charge in [0.15, 0.2) is 0 Å². The maximum absolute atomic E-state index is 14.8. The van der Waals surface area contributed by atoms with Crippen molar-refractivity contribution in [3.63, 3.8) is 0 Å². The molecule has 3 aliphatic rings. The lowest BCUT2D eigenvalue weighted by molar-refractivity contribution is -0.127. The fourth-order valence-corrected chi connectivity index (χ4v) is 7.56. The molecule has 0 aliphatic carbocycles. The Labute approximate surface area is 303 Å². The fraction of sp³-hybridized carbons (Fsp3) is 0.359. The lowest BCUT2D eigenvalue weighted by Crippen LogP contribution is -2.45. The Bertz CT molecular complexity index is 2100. The van der Waals surface area contributed by atoms with Gasteiger partial charge in [-0.3, -0.25) is 19.0 Å². The molecule has 52 heavy (non-hydrogen) atoms. The summed E-state index contributed by atoms with van der Waals surface area (Å²) in [6.07, 6.45) is 5.53. The number of para-hydroxylation sites is 1. The van der Waals surface area contributed by atoms with Crippen LogP contribution in [0.2, 0.25) is 0 Å². The predicted molar refractivity (Wildman–Crippen MR) is 206 cm³/mol. The number of nitrogens with one attached hydrogen (secondary N) is 1. The van der Waals surface area contributed by atoms with Gasteiger partial charge in [0, 0.05) is 81.7 Å². The number of carbonyl (C=O) groups is 2. The summed E-state index contributed by atoms with van der Waals surface area (Å²) in [4.78, 5) is 59.9. The van der Waals surface area contributed by atoms with Gasteiger partial charge in [0.25, 0.3) is 11.5 Å². The van der Waals surface area contributed by atoms with E-state index in [9.17, 15) is 14.4 Å². The molecule has 0 radical (unpaired) electrons. The van der Waals surface area contributed by atoms with Crippen molar-refractivity contribution in [3.8, 4) is 5.75 Å². The average molecular weight is 704 g/mol. The van der Waals surface area contributed by atoms with Crippen LogP contribution >= 0.6 is 0 Å². The number of carbonyl (C=O) groups excluding carboxylic acids is 2. The summed E-state index contributed by atoms with van der Waals surface area (Å²) in [6, 6.07) is 13.5. The SMILES string of the molecule is C=CC(=O)N1CCC(n2c(=O)c(N3CCN(C(=O)C=C)c4c(C)cccc43)cc3cnc(Nc4ccc(N5CCN(C)CC5)cc4OC)nc32)CC1. The van der Waals surface area contributed by atoms with Crippen molar-refractivity contribution in [1.82, 2.24) is 24.3 Å². The van der Waals surface area contributed by atoms with Gasteiger partial charge in [-0.05, 0) is 68.8 Å². The molecule has 5 heterocycles. The van der Waals surface area contributed by atoms with Crippen LogP contribution in [0, 0.1) is 6.92 Å². The maximum Gasteiger partial charge on any atom is 0.276 e. The number of hydrogen-bond donors (Lipinski definition) is 1. The summed E-state index contributed by atoms with van der Waals surface area (Å²) < 4.78 is 7.57. The van der Waals surface area contributed by atoms with Crippen LogP contribution in [0.5, 0.6) is 5.75 Å². The summed E-state index contributed by atoms with van der Waals surface area (Å²) >= 11 is 0. The third-order valence-corrected chi connectivity index (χ3v) is 10.4. The van der Waals surface area contributed by atoms with Crippen LogP contribution in [0.1, 0.15) is 24.4 Å². The first-order valence-electron chi connectivity index (χ1n) is 17.7. The van der Waals surface area contributed by atoms with E-state index in [0.29, 0.717) is 73.1 Å². The molecule has 3 aliphatic heterocycles. The molecule has 1 N–H and O–H groups in total. The Morgan fingerprint density at radius 3 is 2.38 bits per heavy atom. The Morgan fingerprint density at radius 1 is 0.923 bits per heavy atom. The number of fused-ring (bicyclic) bond motifs is 2. The molecule has 13 heteroatoms. The van der Waals surface area contributed by atoms with Crippen molar-refractivity contribution in [2.24, 2.45) is 0 Å². The van der Waals surface area contributed by atoms with Crippen molar-refractivity contribution < 1.29 is 14.3 Å². The molecule has 2 saturated heterocycles.